The summed E-state index contributed by atoms with van der Waals surface area (Å²) >= 11 is 1.42. The van der Waals surface area contributed by atoms with Crippen LogP contribution in [-0.4, -0.2) is 21.0 Å². The number of anilines is 1. The molecule has 1 N–H and O–H groups in total. The van der Waals surface area contributed by atoms with Crippen LogP contribution in [0.25, 0.3) is 10.2 Å². The molecular formula is C15H11N5O4S. The van der Waals surface area contributed by atoms with E-state index in [2.05, 4.69) is 15.5 Å². The third-order valence-electron chi connectivity index (χ3n) is 3.40. The minimum absolute atomic E-state index is 0.153. The molecule has 0 spiro atoms. The Morgan fingerprint density at radius 3 is 2.68 bits per heavy atom. The normalized spacial score (nSPS) is 11.1. The van der Waals surface area contributed by atoms with Crippen molar-refractivity contribution in [3.8, 4) is 0 Å². The van der Waals surface area contributed by atoms with Gasteiger partial charge >= 0.3 is 0 Å². The van der Waals surface area contributed by atoms with Crippen molar-refractivity contribution >= 4 is 44.3 Å². The van der Waals surface area contributed by atoms with Crippen molar-refractivity contribution in [1.82, 2.24) is 4.98 Å². The van der Waals surface area contributed by atoms with E-state index in [0.717, 1.165) is 21.8 Å². The highest BCUT2D eigenvalue weighted by Gasteiger charge is 2.18. The van der Waals surface area contributed by atoms with Gasteiger partial charge in [0.2, 0.25) is 5.13 Å². The van der Waals surface area contributed by atoms with Gasteiger partial charge in [-0.2, -0.15) is 5.10 Å². The van der Waals surface area contributed by atoms with Gasteiger partial charge in [0.1, 0.15) is 0 Å². The molecule has 10 heteroatoms. The molecule has 0 amide bonds. The molecule has 126 valence electrons. The SMILES string of the molecule is Cc1cccc2nc(N/N=C/c3ccc([N+](=O)[O-])cc3[N+](=O)[O-])sc12. The van der Waals surface area contributed by atoms with Gasteiger partial charge in [0.15, 0.2) is 0 Å². The molecule has 3 rings (SSSR count). The Morgan fingerprint density at radius 1 is 1.20 bits per heavy atom. The number of fused-ring (bicyclic) bond motifs is 1. The van der Waals surface area contributed by atoms with Crippen LogP contribution >= 0.6 is 11.3 Å². The summed E-state index contributed by atoms with van der Waals surface area (Å²) in [5.41, 5.74) is 4.08. The lowest BCUT2D eigenvalue weighted by Gasteiger charge is -1.98. The van der Waals surface area contributed by atoms with E-state index in [-0.39, 0.29) is 16.9 Å². The van der Waals surface area contributed by atoms with Crippen molar-refractivity contribution in [1.29, 1.82) is 0 Å². The van der Waals surface area contributed by atoms with Crippen molar-refractivity contribution < 1.29 is 9.85 Å². The van der Waals surface area contributed by atoms with Crippen molar-refractivity contribution in [3.63, 3.8) is 0 Å². The summed E-state index contributed by atoms with van der Waals surface area (Å²) in [6.45, 7) is 1.98. The number of hydrogen-bond donors (Lipinski definition) is 1. The molecule has 3 aromatic rings. The first-order chi connectivity index (χ1) is 12.0. The molecule has 0 radical (unpaired) electrons. The number of nitrogens with zero attached hydrogens (tertiary/aromatic N) is 4. The second kappa shape index (κ2) is 6.61. The first-order valence-corrected chi connectivity index (χ1v) is 7.85. The largest absolute Gasteiger partial charge is 0.285 e. The van der Waals surface area contributed by atoms with Gasteiger partial charge in [0, 0.05) is 6.07 Å². The molecule has 9 nitrogen and oxygen atoms in total. The fourth-order valence-corrected chi connectivity index (χ4v) is 3.09. The number of aryl methyl sites for hydroxylation is 1. The number of rotatable bonds is 5. The number of benzene rings is 2. The van der Waals surface area contributed by atoms with Crippen LogP contribution < -0.4 is 5.43 Å². The van der Waals surface area contributed by atoms with Crippen molar-refractivity contribution in [2.75, 3.05) is 5.43 Å². The van der Waals surface area contributed by atoms with Gasteiger partial charge in [-0.1, -0.05) is 23.5 Å². The lowest BCUT2D eigenvalue weighted by atomic mass is 10.2. The molecular weight excluding hydrogens is 346 g/mol. The van der Waals surface area contributed by atoms with Gasteiger partial charge in [0.25, 0.3) is 11.4 Å². The minimum Gasteiger partial charge on any atom is -0.258 e. The Balaban J connectivity index is 1.85. The van der Waals surface area contributed by atoms with E-state index < -0.39 is 9.85 Å². The Labute approximate surface area is 144 Å². The van der Waals surface area contributed by atoms with Gasteiger partial charge in [-0.05, 0) is 24.6 Å². The quantitative estimate of drug-likeness (QED) is 0.420. The first-order valence-electron chi connectivity index (χ1n) is 7.04. The Morgan fingerprint density at radius 2 is 2.00 bits per heavy atom. The van der Waals surface area contributed by atoms with E-state index in [4.69, 9.17) is 0 Å². The van der Waals surface area contributed by atoms with Gasteiger partial charge < -0.3 is 0 Å². The number of hydrazone groups is 1. The first kappa shape index (κ1) is 16.5. The van der Waals surface area contributed by atoms with E-state index >= 15 is 0 Å². The maximum Gasteiger partial charge on any atom is 0.285 e. The van der Waals surface area contributed by atoms with E-state index in [1.807, 2.05) is 25.1 Å². The highest BCUT2D eigenvalue weighted by Crippen LogP contribution is 2.28. The second-order valence-corrected chi connectivity index (χ2v) is 6.07. The summed E-state index contributed by atoms with van der Waals surface area (Å²) in [5, 5.41) is 26.3. The number of thiazole rings is 1. The predicted octanol–water partition coefficient (Wildman–Crippen LogP) is 3.87. The van der Waals surface area contributed by atoms with Crippen LogP contribution in [0.15, 0.2) is 41.5 Å². The zero-order valence-electron chi connectivity index (χ0n) is 12.9. The van der Waals surface area contributed by atoms with Gasteiger partial charge in [-0.3, -0.25) is 25.7 Å². The predicted molar refractivity (Wildman–Crippen MR) is 95.3 cm³/mol. The van der Waals surface area contributed by atoms with Crippen molar-refractivity contribution in [2.45, 2.75) is 6.92 Å². The molecule has 1 aromatic heterocycles. The number of hydrogen-bond acceptors (Lipinski definition) is 8. The second-order valence-electron chi connectivity index (χ2n) is 5.07. The smallest absolute Gasteiger partial charge is 0.258 e. The minimum atomic E-state index is -0.685. The molecule has 0 atom stereocenters. The van der Waals surface area contributed by atoms with Gasteiger partial charge in [-0.15, -0.1) is 0 Å². The van der Waals surface area contributed by atoms with Crippen LogP contribution in [0.2, 0.25) is 0 Å². The van der Waals surface area contributed by atoms with Gasteiger partial charge in [0.05, 0.1) is 37.9 Å². The highest BCUT2D eigenvalue weighted by molar-refractivity contribution is 7.22. The van der Waals surface area contributed by atoms with E-state index in [1.165, 1.54) is 29.7 Å². The molecule has 0 aliphatic carbocycles. The number of aromatic nitrogens is 1. The number of nitro groups is 2. The maximum absolute atomic E-state index is 11.1. The zero-order valence-corrected chi connectivity index (χ0v) is 13.7. The lowest BCUT2D eigenvalue weighted by molar-refractivity contribution is -0.394. The van der Waals surface area contributed by atoms with E-state index in [0.29, 0.717) is 5.13 Å². The Bertz CT molecular complexity index is 1010. The van der Waals surface area contributed by atoms with Crippen LogP contribution in [-0.2, 0) is 0 Å². The summed E-state index contributed by atoms with van der Waals surface area (Å²) in [6.07, 6.45) is 1.24. The molecule has 2 aromatic carbocycles. The van der Waals surface area contributed by atoms with Gasteiger partial charge in [-0.25, -0.2) is 4.98 Å². The molecule has 0 saturated heterocycles. The average Bonchev–Trinajstić information content (AvgIpc) is 2.99. The topological polar surface area (TPSA) is 124 Å². The molecule has 0 fully saturated rings. The molecule has 0 aliphatic heterocycles. The Hall–Kier alpha value is -3.40. The number of nitro benzene ring substituents is 2. The average molecular weight is 357 g/mol. The number of non-ortho nitro benzene ring substituents is 1. The van der Waals surface area contributed by atoms with Crippen molar-refractivity contribution in [3.05, 3.63) is 67.8 Å². The summed E-state index contributed by atoms with van der Waals surface area (Å²) in [6, 6.07) is 9.15. The fourth-order valence-electron chi connectivity index (χ4n) is 2.20. The van der Waals surface area contributed by atoms with Crippen molar-refractivity contribution in [2.24, 2.45) is 5.10 Å². The molecule has 0 aliphatic rings. The monoisotopic (exact) mass is 357 g/mol. The van der Waals surface area contributed by atoms with E-state index in [9.17, 15) is 20.2 Å². The Kier molecular flexibility index (Phi) is 4.35. The maximum atomic E-state index is 11.1. The fraction of sp³-hybridized carbons (Fsp3) is 0.0667. The standard InChI is InChI=1S/C15H11N5O4S/c1-9-3-2-4-12-14(9)25-15(17-12)18-16-8-10-5-6-11(19(21)22)7-13(10)20(23)24/h2-8H,1H3,(H,17,18)/b16-8+. The van der Waals surface area contributed by atoms with Crippen LogP contribution in [0.5, 0.6) is 0 Å². The summed E-state index contributed by atoms with van der Waals surface area (Å²) in [5.74, 6) is 0. The van der Waals surface area contributed by atoms with Crippen LogP contribution in [0, 0.1) is 27.2 Å². The summed E-state index contributed by atoms with van der Waals surface area (Å²) in [7, 11) is 0. The molecule has 0 bridgehead atoms. The van der Waals surface area contributed by atoms with Crippen LogP contribution in [0.3, 0.4) is 0 Å². The zero-order chi connectivity index (χ0) is 18.0. The molecule has 0 saturated carbocycles. The summed E-state index contributed by atoms with van der Waals surface area (Å²) in [4.78, 5) is 24.8. The summed E-state index contributed by atoms with van der Waals surface area (Å²) < 4.78 is 1.03. The van der Waals surface area contributed by atoms with E-state index in [1.54, 1.807) is 0 Å². The molecule has 0 unspecified atom stereocenters. The molecule has 1 heterocycles. The third kappa shape index (κ3) is 3.43. The third-order valence-corrected chi connectivity index (χ3v) is 4.51. The molecule has 25 heavy (non-hydrogen) atoms. The highest BCUT2D eigenvalue weighted by atomic mass is 32.1. The lowest BCUT2D eigenvalue weighted by Crippen LogP contribution is -1.98. The van der Waals surface area contributed by atoms with Crippen LogP contribution in [0.4, 0.5) is 16.5 Å². The van der Waals surface area contributed by atoms with Crippen LogP contribution in [0.1, 0.15) is 11.1 Å². The number of nitrogens with one attached hydrogen (secondary N) is 1.